The number of carbonyl (C=O) groups excluding carboxylic acids is 1. The molecule has 0 saturated carbocycles. The highest BCUT2D eigenvalue weighted by Crippen LogP contribution is 2.21. The van der Waals surface area contributed by atoms with Gasteiger partial charge >= 0.3 is 0 Å². The molecule has 2 aromatic carbocycles. The SMILES string of the molecule is Cc1cccc(OCC(=O)N(C)Cc2nnc(-c3ccccc3)o2)c1C. The lowest BCUT2D eigenvalue weighted by atomic mass is 10.1. The first-order chi connectivity index (χ1) is 12.5. The van der Waals surface area contributed by atoms with Crippen LogP contribution in [0.2, 0.25) is 0 Å². The van der Waals surface area contributed by atoms with Crippen molar-refractivity contribution in [2.45, 2.75) is 20.4 Å². The first kappa shape index (κ1) is 17.7. The number of hydrogen-bond acceptors (Lipinski definition) is 5. The topological polar surface area (TPSA) is 68.5 Å². The molecule has 0 radical (unpaired) electrons. The molecule has 6 heteroatoms. The van der Waals surface area contributed by atoms with Crippen LogP contribution in [0.25, 0.3) is 11.5 Å². The van der Waals surface area contributed by atoms with E-state index in [-0.39, 0.29) is 19.1 Å². The van der Waals surface area contributed by atoms with Crippen LogP contribution in [0.4, 0.5) is 0 Å². The van der Waals surface area contributed by atoms with E-state index in [9.17, 15) is 4.79 Å². The zero-order chi connectivity index (χ0) is 18.5. The molecule has 1 heterocycles. The Labute approximate surface area is 152 Å². The van der Waals surface area contributed by atoms with Crippen molar-refractivity contribution in [3.63, 3.8) is 0 Å². The summed E-state index contributed by atoms with van der Waals surface area (Å²) in [5.74, 6) is 1.38. The summed E-state index contributed by atoms with van der Waals surface area (Å²) in [4.78, 5) is 13.8. The van der Waals surface area contributed by atoms with Gasteiger partial charge in [0.1, 0.15) is 5.75 Å². The zero-order valence-electron chi connectivity index (χ0n) is 15.1. The van der Waals surface area contributed by atoms with Crippen molar-refractivity contribution >= 4 is 5.91 Å². The number of amides is 1. The average molecular weight is 351 g/mol. The predicted octanol–water partition coefficient (Wildman–Crippen LogP) is 3.39. The highest BCUT2D eigenvalue weighted by Gasteiger charge is 2.15. The van der Waals surface area contributed by atoms with E-state index in [0.717, 1.165) is 22.4 Å². The Kier molecular flexibility index (Phi) is 5.31. The van der Waals surface area contributed by atoms with Crippen molar-refractivity contribution in [1.29, 1.82) is 0 Å². The summed E-state index contributed by atoms with van der Waals surface area (Å²) < 4.78 is 11.3. The molecule has 0 N–H and O–H groups in total. The van der Waals surface area contributed by atoms with Gasteiger partial charge in [-0.1, -0.05) is 30.3 Å². The molecule has 6 nitrogen and oxygen atoms in total. The van der Waals surface area contributed by atoms with Crippen molar-refractivity contribution in [2.75, 3.05) is 13.7 Å². The van der Waals surface area contributed by atoms with Crippen LogP contribution in [0, 0.1) is 13.8 Å². The molecule has 1 amide bonds. The van der Waals surface area contributed by atoms with Crippen LogP contribution in [0.3, 0.4) is 0 Å². The van der Waals surface area contributed by atoms with E-state index < -0.39 is 0 Å². The lowest BCUT2D eigenvalue weighted by molar-refractivity contribution is -0.132. The molecule has 0 saturated heterocycles. The van der Waals surface area contributed by atoms with E-state index in [0.29, 0.717) is 11.8 Å². The van der Waals surface area contributed by atoms with Crippen LogP contribution in [0.15, 0.2) is 52.9 Å². The summed E-state index contributed by atoms with van der Waals surface area (Å²) in [7, 11) is 1.68. The highest BCUT2D eigenvalue weighted by molar-refractivity contribution is 5.77. The maximum atomic E-state index is 12.3. The Bertz CT molecular complexity index is 890. The molecule has 0 aliphatic rings. The third-order valence-corrected chi connectivity index (χ3v) is 4.19. The number of aryl methyl sites for hydroxylation is 1. The van der Waals surface area contributed by atoms with Gasteiger partial charge in [0, 0.05) is 12.6 Å². The Morgan fingerprint density at radius 2 is 1.85 bits per heavy atom. The first-order valence-electron chi connectivity index (χ1n) is 8.35. The fourth-order valence-electron chi connectivity index (χ4n) is 2.44. The van der Waals surface area contributed by atoms with Crippen LogP contribution in [-0.2, 0) is 11.3 Å². The lowest BCUT2D eigenvalue weighted by Crippen LogP contribution is -2.31. The number of rotatable bonds is 6. The Morgan fingerprint density at radius 1 is 1.08 bits per heavy atom. The summed E-state index contributed by atoms with van der Waals surface area (Å²) in [6, 6.07) is 15.3. The van der Waals surface area contributed by atoms with Gasteiger partial charge in [0.15, 0.2) is 6.61 Å². The first-order valence-corrected chi connectivity index (χ1v) is 8.35. The third kappa shape index (κ3) is 4.08. The predicted molar refractivity (Wildman–Crippen MR) is 97.6 cm³/mol. The molecule has 0 fully saturated rings. The maximum Gasteiger partial charge on any atom is 0.260 e. The van der Waals surface area contributed by atoms with Gasteiger partial charge in [0.2, 0.25) is 11.8 Å². The van der Waals surface area contributed by atoms with Crippen molar-refractivity contribution < 1.29 is 13.9 Å². The molecule has 0 unspecified atom stereocenters. The second-order valence-corrected chi connectivity index (χ2v) is 6.10. The number of nitrogens with zero attached hydrogens (tertiary/aromatic N) is 3. The number of ether oxygens (including phenoxy) is 1. The van der Waals surface area contributed by atoms with Gasteiger partial charge in [-0.15, -0.1) is 10.2 Å². The van der Waals surface area contributed by atoms with E-state index in [2.05, 4.69) is 10.2 Å². The number of carbonyl (C=O) groups is 1. The van der Waals surface area contributed by atoms with E-state index in [1.165, 1.54) is 4.90 Å². The van der Waals surface area contributed by atoms with E-state index >= 15 is 0 Å². The summed E-state index contributed by atoms with van der Waals surface area (Å²) in [5, 5.41) is 8.04. The van der Waals surface area contributed by atoms with Gasteiger partial charge in [0.25, 0.3) is 5.91 Å². The second-order valence-electron chi connectivity index (χ2n) is 6.10. The fourth-order valence-corrected chi connectivity index (χ4v) is 2.44. The Morgan fingerprint density at radius 3 is 2.62 bits per heavy atom. The lowest BCUT2D eigenvalue weighted by Gasteiger charge is -2.16. The quantitative estimate of drug-likeness (QED) is 0.681. The molecule has 3 aromatic rings. The minimum atomic E-state index is -0.162. The summed E-state index contributed by atoms with van der Waals surface area (Å²) in [6.07, 6.45) is 0. The van der Waals surface area contributed by atoms with Crippen LogP contribution in [0.1, 0.15) is 17.0 Å². The van der Waals surface area contributed by atoms with Crippen molar-refractivity contribution in [1.82, 2.24) is 15.1 Å². The van der Waals surface area contributed by atoms with Gasteiger partial charge in [0.05, 0.1) is 6.54 Å². The minimum absolute atomic E-state index is 0.0412. The van der Waals surface area contributed by atoms with E-state index in [1.54, 1.807) is 7.05 Å². The highest BCUT2D eigenvalue weighted by atomic mass is 16.5. The standard InChI is InChI=1S/C20H21N3O3/c1-14-8-7-11-17(15(14)2)25-13-19(24)23(3)12-18-21-22-20(26-18)16-9-5-4-6-10-16/h4-11H,12-13H2,1-3H3. The van der Waals surface area contributed by atoms with Crippen molar-refractivity contribution in [2.24, 2.45) is 0 Å². The van der Waals surface area contributed by atoms with Crippen LogP contribution >= 0.6 is 0 Å². The monoisotopic (exact) mass is 351 g/mol. The van der Waals surface area contributed by atoms with Gasteiger partial charge in [-0.3, -0.25) is 4.79 Å². The molecule has 0 spiro atoms. The second kappa shape index (κ2) is 7.82. The van der Waals surface area contributed by atoms with Crippen LogP contribution in [0.5, 0.6) is 5.75 Å². The van der Waals surface area contributed by atoms with Crippen LogP contribution < -0.4 is 4.74 Å². The molecular weight excluding hydrogens is 330 g/mol. The maximum absolute atomic E-state index is 12.3. The molecule has 134 valence electrons. The molecule has 3 rings (SSSR count). The average Bonchev–Trinajstić information content (AvgIpc) is 3.12. The Balaban J connectivity index is 1.58. The molecular formula is C20H21N3O3. The molecule has 0 atom stereocenters. The van der Waals surface area contributed by atoms with Gasteiger partial charge in [-0.05, 0) is 43.2 Å². The van der Waals surface area contributed by atoms with Crippen LogP contribution in [-0.4, -0.2) is 34.7 Å². The molecule has 1 aromatic heterocycles. The zero-order valence-corrected chi connectivity index (χ0v) is 15.1. The molecule has 0 aliphatic carbocycles. The third-order valence-electron chi connectivity index (χ3n) is 4.19. The molecule has 0 bridgehead atoms. The molecule has 0 aliphatic heterocycles. The van der Waals surface area contributed by atoms with Crippen molar-refractivity contribution in [3.05, 3.63) is 65.5 Å². The van der Waals surface area contributed by atoms with E-state index in [1.807, 2.05) is 62.4 Å². The Hall–Kier alpha value is -3.15. The smallest absolute Gasteiger partial charge is 0.260 e. The van der Waals surface area contributed by atoms with E-state index in [4.69, 9.17) is 9.15 Å². The minimum Gasteiger partial charge on any atom is -0.483 e. The van der Waals surface area contributed by atoms with Crippen molar-refractivity contribution in [3.8, 4) is 17.2 Å². The van der Waals surface area contributed by atoms with Gasteiger partial charge < -0.3 is 14.1 Å². The number of likely N-dealkylation sites (N-methyl/N-ethyl adjacent to an activating group) is 1. The number of aromatic nitrogens is 2. The normalized spacial score (nSPS) is 10.6. The summed E-state index contributed by atoms with van der Waals surface area (Å²) in [5.41, 5.74) is 3.01. The largest absolute Gasteiger partial charge is 0.483 e. The molecule has 26 heavy (non-hydrogen) atoms. The number of hydrogen-bond donors (Lipinski definition) is 0. The fraction of sp³-hybridized carbons (Fsp3) is 0.250. The summed E-state index contributed by atoms with van der Waals surface area (Å²) >= 11 is 0. The summed E-state index contributed by atoms with van der Waals surface area (Å²) in [6.45, 7) is 4.17. The number of benzene rings is 2. The van der Waals surface area contributed by atoms with Gasteiger partial charge in [-0.25, -0.2) is 0 Å². The van der Waals surface area contributed by atoms with Gasteiger partial charge in [-0.2, -0.15) is 0 Å².